The van der Waals surface area contributed by atoms with Gasteiger partial charge in [-0.25, -0.2) is 4.98 Å². The highest BCUT2D eigenvalue weighted by Gasteiger charge is 2.37. The minimum absolute atomic E-state index is 0.0717. The molecule has 0 spiro atoms. The smallest absolute Gasteiger partial charge is 0.306 e. The molecule has 4 heterocycles. The third-order valence-corrected chi connectivity index (χ3v) is 12.3. The van der Waals surface area contributed by atoms with E-state index in [1.54, 1.807) is 0 Å². The highest BCUT2D eigenvalue weighted by molar-refractivity contribution is 5.70. The molecule has 3 fully saturated rings. The van der Waals surface area contributed by atoms with Crippen LogP contribution in [-0.4, -0.2) is 67.4 Å². The average molecular weight is 654 g/mol. The summed E-state index contributed by atoms with van der Waals surface area (Å²) in [6.45, 7) is 3.21. The molecule has 258 valence electrons. The molecule has 1 aromatic carbocycles. The highest BCUT2D eigenvalue weighted by Crippen LogP contribution is 2.40. The number of carboxylic acid groups (broad SMARTS) is 1. The second kappa shape index (κ2) is 14.6. The largest absolute Gasteiger partial charge is 0.481 e. The Balaban J connectivity index is 1.22. The molecule has 2 aromatic heterocycles. The molecular weight excluding hydrogens is 598 g/mol. The molecule has 2 bridgehead atoms. The predicted octanol–water partition coefficient (Wildman–Crippen LogP) is 7.15. The van der Waals surface area contributed by atoms with E-state index in [1.165, 1.54) is 60.9 Å². The van der Waals surface area contributed by atoms with Gasteiger partial charge in [-0.05, 0) is 94.4 Å². The first-order valence-corrected chi connectivity index (χ1v) is 18.8. The van der Waals surface area contributed by atoms with Crippen molar-refractivity contribution in [2.24, 2.45) is 18.9 Å². The molecule has 0 radical (unpaired) electrons. The first-order valence-electron chi connectivity index (χ1n) is 18.8. The van der Waals surface area contributed by atoms with Crippen molar-refractivity contribution in [2.75, 3.05) is 23.8 Å². The fourth-order valence-electron chi connectivity index (χ4n) is 9.66. The third kappa shape index (κ3) is 6.98. The van der Waals surface area contributed by atoms with Crippen LogP contribution in [0.5, 0.6) is 0 Å². The summed E-state index contributed by atoms with van der Waals surface area (Å²) in [7, 11) is 4.17. The van der Waals surface area contributed by atoms with Crippen molar-refractivity contribution in [3.05, 3.63) is 65.1 Å². The summed E-state index contributed by atoms with van der Waals surface area (Å²) in [5.41, 5.74) is 5.03. The van der Waals surface area contributed by atoms with Gasteiger partial charge in [-0.1, -0.05) is 50.1 Å². The van der Waals surface area contributed by atoms with Crippen LogP contribution in [-0.2, 0) is 24.7 Å². The maximum Gasteiger partial charge on any atom is 0.306 e. The third-order valence-electron chi connectivity index (χ3n) is 12.3. The zero-order chi connectivity index (χ0) is 33.2. The number of nitrogens with one attached hydrogen (secondary N) is 1. The second-order valence-electron chi connectivity index (χ2n) is 15.2. The van der Waals surface area contributed by atoms with E-state index in [0.29, 0.717) is 23.9 Å². The van der Waals surface area contributed by atoms with Gasteiger partial charge in [0.1, 0.15) is 5.82 Å². The van der Waals surface area contributed by atoms with Gasteiger partial charge in [-0.15, -0.1) is 0 Å². The van der Waals surface area contributed by atoms with Crippen LogP contribution in [0, 0.1) is 11.8 Å². The fraction of sp³-hybridized carbons (Fsp3) is 0.641. The average Bonchev–Trinajstić information content (AvgIpc) is 3.54. The number of nitrogens with zero attached hydrogens (tertiary/aromatic N) is 6. The van der Waals surface area contributed by atoms with Crippen molar-refractivity contribution in [1.29, 1.82) is 0 Å². The van der Waals surface area contributed by atoms with Gasteiger partial charge in [-0.2, -0.15) is 10.1 Å². The molecule has 3 atom stereocenters. The molecule has 9 nitrogen and oxygen atoms in total. The number of piperidine rings is 2. The number of hydrogen-bond donors (Lipinski definition) is 2. The summed E-state index contributed by atoms with van der Waals surface area (Å²) in [5.74, 6) is 1.80. The molecule has 4 aliphatic rings. The van der Waals surface area contributed by atoms with Crippen LogP contribution in [0.2, 0.25) is 0 Å². The molecule has 2 saturated heterocycles. The number of hydrogen-bond acceptors (Lipinski definition) is 7. The quantitative estimate of drug-likeness (QED) is 0.225. The van der Waals surface area contributed by atoms with Crippen molar-refractivity contribution in [3.63, 3.8) is 0 Å². The maximum absolute atomic E-state index is 11.7. The van der Waals surface area contributed by atoms with E-state index >= 15 is 0 Å². The molecule has 2 N–H and O–H groups in total. The van der Waals surface area contributed by atoms with Gasteiger partial charge < -0.3 is 15.3 Å². The van der Waals surface area contributed by atoms with E-state index in [1.807, 2.05) is 17.9 Å². The topological polar surface area (TPSA) is 99.4 Å². The molecule has 9 heteroatoms. The number of carboxylic acids is 1. The summed E-state index contributed by atoms with van der Waals surface area (Å²) < 4.78 is 1.92. The minimum atomic E-state index is -0.645. The highest BCUT2D eigenvalue weighted by atomic mass is 16.4. The van der Waals surface area contributed by atoms with Crippen molar-refractivity contribution in [2.45, 2.75) is 127 Å². The summed E-state index contributed by atoms with van der Waals surface area (Å²) in [5, 5.41) is 18.3. The SMILES string of the molecule is CC[C@H](C1CCC(C(=O)O)CC1)N(C)c1nc2c(c(N[C@@H](CN3C4CCCC3CCC4)c3cnn(C)c3)n1)C[C@H](c1ccccc1)CC2. The Bertz CT molecular complexity index is 1510. The number of aryl methyl sites for hydroxylation is 2. The normalized spacial score (nSPS) is 27.1. The van der Waals surface area contributed by atoms with Crippen LogP contribution in [0.3, 0.4) is 0 Å². The van der Waals surface area contributed by atoms with E-state index in [0.717, 1.165) is 69.7 Å². The monoisotopic (exact) mass is 653 g/mol. The van der Waals surface area contributed by atoms with Gasteiger partial charge in [0.05, 0.1) is 23.9 Å². The lowest BCUT2D eigenvalue weighted by Gasteiger charge is -2.47. The summed E-state index contributed by atoms with van der Waals surface area (Å²) in [6, 6.07) is 12.6. The fourth-order valence-corrected chi connectivity index (χ4v) is 9.66. The molecule has 2 aliphatic heterocycles. The van der Waals surface area contributed by atoms with E-state index < -0.39 is 5.97 Å². The van der Waals surface area contributed by atoms with Gasteiger partial charge in [0, 0.05) is 56.1 Å². The molecular formula is C39H55N7O2. The number of fused-ring (bicyclic) bond motifs is 3. The zero-order valence-corrected chi connectivity index (χ0v) is 29.2. The summed E-state index contributed by atoms with van der Waals surface area (Å²) in [6.07, 6.45) is 19.4. The molecule has 0 amide bonds. The van der Waals surface area contributed by atoms with Gasteiger partial charge in [0.2, 0.25) is 5.95 Å². The Morgan fingerprint density at radius 1 is 1.00 bits per heavy atom. The first-order chi connectivity index (χ1) is 23.4. The van der Waals surface area contributed by atoms with Gasteiger partial charge in [0.25, 0.3) is 0 Å². The van der Waals surface area contributed by atoms with Crippen LogP contribution in [0.1, 0.15) is 118 Å². The van der Waals surface area contributed by atoms with E-state index in [-0.39, 0.29) is 18.0 Å². The van der Waals surface area contributed by atoms with Gasteiger partial charge in [0.15, 0.2) is 0 Å². The molecule has 2 aliphatic carbocycles. The predicted molar refractivity (Wildman–Crippen MR) is 190 cm³/mol. The Morgan fingerprint density at radius 3 is 2.33 bits per heavy atom. The van der Waals surface area contributed by atoms with Crippen LogP contribution in [0.25, 0.3) is 0 Å². The number of benzene rings is 1. The Morgan fingerprint density at radius 2 is 1.71 bits per heavy atom. The van der Waals surface area contributed by atoms with Crippen LogP contribution >= 0.6 is 0 Å². The Kier molecular flexibility index (Phi) is 10.0. The molecule has 48 heavy (non-hydrogen) atoms. The standard InChI is InChI=1S/C39H55N7O2/c1-4-36(27-16-18-28(19-17-27)38(47)48)45(3)39-42-34-21-20-29(26-10-6-5-7-11-26)22-33(34)37(43-39)41-35(30-23-40-44(2)24-30)25-46-31-12-8-13-32(46)15-9-14-31/h5-7,10-11,23-24,27-29,31-32,35-36H,4,8-9,12-22,25H2,1-3H3,(H,47,48)(H,41,42,43)/t27?,28?,29-,31?,32?,35+,36-/m1/s1. The summed E-state index contributed by atoms with van der Waals surface area (Å²) >= 11 is 0. The van der Waals surface area contributed by atoms with E-state index in [9.17, 15) is 9.90 Å². The lowest BCUT2D eigenvalue weighted by atomic mass is 9.77. The van der Waals surface area contributed by atoms with Crippen molar-refractivity contribution >= 4 is 17.7 Å². The van der Waals surface area contributed by atoms with Crippen molar-refractivity contribution in [3.8, 4) is 0 Å². The first kappa shape index (κ1) is 33.1. The molecule has 7 rings (SSSR count). The summed E-state index contributed by atoms with van der Waals surface area (Å²) in [4.78, 5) is 27.5. The minimum Gasteiger partial charge on any atom is -0.481 e. The van der Waals surface area contributed by atoms with Gasteiger partial charge >= 0.3 is 5.97 Å². The van der Waals surface area contributed by atoms with E-state index in [2.05, 4.69) is 70.7 Å². The van der Waals surface area contributed by atoms with Gasteiger partial charge in [-0.3, -0.25) is 14.4 Å². The lowest BCUT2D eigenvalue weighted by molar-refractivity contribution is -0.143. The van der Waals surface area contributed by atoms with Crippen LogP contribution in [0.15, 0.2) is 42.7 Å². The lowest BCUT2D eigenvalue weighted by Crippen LogP contribution is -2.51. The Hall–Kier alpha value is -3.46. The number of aliphatic carboxylic acids is 1. The Labute approximate surface area is 286 Å². The second-order valence-corrected chi connectivity index (χ2v) is 15.2. The van der Waals surface area contributed by atoms with Crippen molar-refractivity contribution in [1.82, 2.24) is 24.6 Å². The zero-order valence-electron chi connectivity index (χ0n) is 29.2. The van der Waals surface area contributed by atoms with Crippen LogP contribution < -0.4 is 10.2 Å². The maximum atomic E-state index is 11.7. The van der Waals surface area contributed by atoms with E-state index in [4.69, 9.17) is 9.97 Å². The van der Waals surface area contributed by atoms with Crippen LogP contribution in [0.4, 0.5) is 11.8 Å². The number of aromatic nitrogens is 4. The number of carbonyl (C=O) groups is 1. The number of anilines is 2. The molecule has 3 aromatic rings. The molecule has 0 unspecified atom stereocenters. The molecule has 1 saturated carbocycles. The van der Waals surface area contributed by atoms with Crippen molar-refractivity contribution < 1.29 is 9.90 Å². The number of rotatable bonds is 11.